The van der Waals surface area contributed by atoms with E-state index in [1.807, 2.05) is 20.8 Å². The molecule has 0 aromatic carbocycles. The summed E-state index contributed by atoms with van der Waals surface area (Å²) in [5.74, 6) is 0.254. The van der Waals surface area contributed by atoms with Crippen LogP contribution in [-0.2, 0) is 16.6 Å². The number of hydrogen-bond donors (Lipinski definition) is 2. The van der Waals surface area contributed by atoms with Crippen LogP contribution in [0.3, 0.4) is 0 Å². The Bertz CT molecular complexity index is 539. The summed E-state index contributed by atoms with van der Waals surface area (Å²) in [7, 11) is -3.47. The molecule has 116 valence electrons. The van der Waals surface area contributed by atoms with Crippen LogP contribution in [0.2, 0.25) is 0 Å². The first-order valence-electron chi connectivity index (χ1n) is 6.67. The molecule has 0 amide bonds. The number of nitrogens with one attached hydrogen (secondary N) is 2. The second-order valence-electron chi connectivity index (χ2n) is 5.54. The van der Waals surface area contributed by atoms with Crippen molar-refractivity contribution in [3.05, 3.63) is 14.7 Å². The van der Waals surface area contributed by atoms with Crippen LogP contribution < -0.4 is 10.0 Å². The molecule has 0 radical (unpaired) electrons. The van der Waals surface area contributed by atoms with E-state index in [-0.39, 0.29) is 12.0 Å². The maximum absolute atomic E-state index is 12.4. The van der Waals surface area contributed by atoms with Gasteiger partial charge in [-0.15, -0.1) is 11.3 Å². The number of thiophene rings is 1. The minimum atomic E-state index is -3.47. The molecule has 4 nitrogen and oxygen atoms in total. The van der Waals surface area contributed by atoms with Gasteiger partial charge in [0.2, 0.25) is 10.0 Å². The smallest absolute Gasteiger partial charge is 0.242 e. The van der Waals surface area contributed by atoms with Crippen LogP contribution in [0.1, 0.15) is 39.5 Å². The highest BCUT2D eigenvalue weighted by molar-refractivity contribution is 9.11. The average Bonchev–Trinajstić information content (AvgIpc) is 2.68. The molecule has 0 aliphatic carbocycles. The van der Waals surface area contributed by atoms with Gasteiger partial charge < -0.3 is 5.32 Å². The van der Waals surface area contributed by atoms with E-state index in [0.717, 1.165) is 4.88 Å². The van der Waals surface area contributed by atoms with Crippen LogP contribution in [0.25, 0.3) is 0 Å². The van der Waals surface area contributed by atoms with E-state index in [1.54, 1.807) is 6.07 Å². The minimum absolute atomic E-state index is 0.0935. The lowest BCUT2D eigenvalue weighted by Crippen LogP contribution is -2.36. The number of hydrogen-bond acceptors (Lipinski definition) is 4. The molecule has 7 heteroatoms. The van der Waals surface area contributed by atoms with Crippen molar-refractivity contribution in [2.75, 3.05) is 0 Å². The molecule has 0 saturated carbocycles. The normalized spacial score (nSPS) is 14.2. The summed E-state index contributed by atoms with van der Waals surface area (Å²) < 4.78 is 28.1. The van der Waals surface area contributed by atoms with Crippen LogP contribution in [0.5, 0.6) is 0 Å². The number of rotatable bonds is 7. The van der Waals surface area contributed by atoms with Gasteiger partial charge in [-0.2, -0.15) is 0 Å². The monoisotopic (exact) mass is 382 g/mol. The van der Waals surface area contributed by atoms with Gasteiger partial charge in [-0.25, -0.2) is 13.1 Å². The molecule has 1 unspecified atom stereocenters. The summed E-state index contributed by atoms with van der Waals surface area (Å²) in [6, 6.07) is 2.01. The second kappa shape index (κ2) is 7.35. The second-order valence-corrected chi connectivity index (χ2v) is 9.68. The van der Waals surface area contributed by atoms with Gasteiger partial charge >= 0.3 is 0 Å². The molecule has 0 aliphatic heterocycles. The maximum Gasteiger partial charge on any atom is 0.242 e. The summed E-state index contributed by atoms with van der Waals surface area (Å²) in [5, 5.41) is 3.29. The third-order valence-electron chi connectivity index (χ3n) is 3.02. The molecular weight excluding hydrogens is 360 g/mol. The Kier molecular flexibility index (Phi) is 6.66. The molecule has 1 atom stereocenters. The Labute approximate surface area is 134 Å². The molecule has 1 aromatic heterocycles. The first kappa shape index (κ1) is 18.1. The summed E-state index contributed by atoms with van der Waals surface area (Å²) >= 11 is 4.81. The highest BCUT2D eigenvalue weighted by Crippen LogP contribution is 2.32. The van der Waals surface area contributed by atoms with Crippen molar-refractivity contribution in [1.29, 1.82) is 0 Å². The SMILES string of the molecule is CC(C)NCc1cc(S(=O)(=O)NC(C)C(C)C)c(Br)s1. The third-order valence-corrected chi connectivity index (χ3v) is 6.83. The molecule has 1 aromatic rings. The first-order valence-corrected chi connectivity index (χ1v) is 9.76. The Morgan fingerprint density at radius 1 is 1.25 bits per heavy atom. The predicted molar refractivity (Wildman–Crippen MR) is 88.6 cm³/mol. The van der Waals surface area contributed by atoms with Gasteiger partial charge in [-0.3, -0.25) is 0 Å². The Hall–Kier alpha value is 0.0500. The van der Waals surface area contributed by atoms with E-state index in [4.69, 9.17) is 0 Å². The van der Waals surface area contributed by atoms with E-state index in [0.29, 0.717) is 21.3 Å². The fraction of sp³-hybridized carbons (Fsp3) is 0.692. The predicted octanol–water partition coefficient (Wildman–Crippen LogP) is 3.33. The largest absolute Gasteiger partial charge is 0.310 e. The van der Waals surface area contributed by atoms with Crippen molar-refractivity contribution in [2.24, 2.45) is 5.92 Å². The van der Waals surface area contributed by atoms with Gasteiger partial charge in [-0.05, 0) is 34.8 Å². The van der Waals surface area contributed by atoms with Crippen molar-refractivity contribution in [3.8, 4) is 0 Å². The van der Waals surface area contributed by atoms with Crippen LogP contribution >= 0.6 is 27.3 Å². The quantitative estimate of drug-likeness (QED) is 0.759. The van der Waals surface area contributed by atoms with E-state index < -0.39 is 10.0 Å². The van der Waals surface area contributed by atoms with Crippen molar-refractivity contribution < 1.29 is 8.42 Å². The standard InChI is InChI=1S/C13H23BrN2O2S2/c1-8(2)10(5)16-20(17,18)12-6-11(19-13(12)14)7-15-9(3)4/h6,8-10,15-16H,7H2,1-5H3. The lowest BCUT2D eigenvalue weighted by Gasteiger charge is -2.17. The van der Waals surface area contributed by atoms with Crippen LogP contribution in [0.4, 0.5) is 0 Å². The van der Waals surface area contributed by atoms with E-state index in [1.165, 1.54) is 11.3 Å². The molecule has 0 spiro atoms. The lowest BCUT2D eigenvalue weighted by molar-refractivity contribution is 0.476. The Balaban J connectivity index is 2.90. The summed E-state index contributed by atoms with van der Waals surface area (Å²) in [5.41, 5.74) is 0. The fourth-order valence-electron chi connectivity index (χ4n) is 1.42. The Morgan fingerprint density at radius 2 is 1.85 bits per heavy atom. The average molecular weight is 383 g/mol. The highest BCUT2D eigenvalue weighted by Gasteiger charge is 2.23. The van der Waals surface area contributed by atoms with Gasteiger partial charge in [0, 0.05) is 23.5 Å². The van der Waals surface area contributed by atoms with E-state index >= 15 is 0 Å². The van der Waals surface area contributed by atoms with Crippen molar-refractivity contribution in [3.63, 3.8) is 0 Å². The van der Waals surface area contributed by atoms with Gasteiger partial charge in [0.1, 0.15) is 4.90 Å². The molecule has 0 saturated heterocycles. The molecule has 0 bridgehead atoms. The topological polar surface area (TPSA) is 58.2 Å². The third kappa shape index (κ3) is 5.11. The number of halogens is 1. The molecule has 1 rings (SSSR count). The van der Waals surface area contributed by atoms with E-state index in [9.17, 15) is 8.42 Å². The molecule has 2 N–H and O–H groups in total. The lowest BCUT2D eigenvalue weighted by atomic mass is 10.1. The van der Waals surface area contributed by atoms with Gasteiger partial charge in [0.15, 0.2) is 0 Å². The zero-order valence-corrected chi connectivity index (χ0v) is 15.7. The van der Waals surface area contributed by atoms with Crippen LogP contribution in [0, 0.1) is 5.92 Å². The molecule has 0 fully saturated rings. The summed E-state index contributed by atoms with van der Waals surface area (Å²) in [6.07, 6.45) is 0. The highest BCUT2D eigenvalue weighted by atomic mass is 79.9. The molecule has 20 heavy (non-hydrogen) atoms. The molecule has 0 aliphatic rings. The van der Waals surface area contributed by atoms with Gasteiger partial charge in [0.25, 0.3) is 0 Å². The maximum atomic E-state index is 12.4. The fourth-order valence-corrected chi connectivity index (χ4v) is 5.44. The van der Waals surface area contributed by atoms with Crippen LogP contribution in [-0.4, -0.2) is 20.5 Å². The van der Waals surface area contributed by atoms with Crippen molar-refractivity contribution in [2.45, 2.75) is 58.1 Å². The van der Waals surface area contributed by atoms with Crippen LogP contribution in [0.15, 0.2) is 14.7 Å². The molecule has 1 heterocycles. The van der Waals surface area contributed by atoms with Gasteiger partial charge in [-0.1, -0.05) is 27.7 Å². The minimum Gasteiger partial charge on any atom is -0.310 e. The first-order chi connectivity index (χ1) is 9.13. The zero-order chi connectivity index (χ0) is 15.5. The Morgan fingerprint density at radius 3 is 2.35 bits per heavy atom. The van der Waals surface area contributed by atoms with Gasteiger partial charge in [0.05, 0.1) is 3.79 Å². The van der Waals surface area contributed by atoms with E-state index in [2.05, 4.69) is 39.8 Å². The molecular formula is C13H23BrN2O2S2. The van der Waals surface area contributed by atoms with Crippen molar-refractivity contribution >= 4 is 37.3 Å². The zero-order valence-electron chi connectivity index (χ0n) is 12.5. The summed E-state index contributed by atoms with van der Waals surface area (Å²) in [4.78, 5) is 1.33. The number of sulfonamides is 1. The van der Waals surface area contributed by atoms with Crippen molar-refractivity contribution in [1.82, 2.24) is 10.0 Å². The summed E-state index contributed by atoms with van der Waals surface area (Å²) in [6.45, 7) is 10.7.